The first-order valence-electron chi connectivity index (χ1n) is 6.54. The van der Waals surface area contributed by atoms with Gasteiger partial charge in [-0.3, -0.25) is 4.79 Å². The molecule has 1 aromatic heterocycles. The number of anilines is 1. The smallest absolute Gasteiger partial charge is 0.246 e. The Labute approximate surface area is 133 Å². The third-order valence-electron chi connectivity index (χ3n) is 2.88. The van der Waals surface area contributed by atoms with E-state index < -0.39 is 11.9 Å². The van der Waals surface area contributed by atoms with Crippen molar-refractivity contribution < 1.29 is 4.79 Å². The molecule has 2 aromatic rings. The molecule has 0 aliphatic heterocycles. The summed E-state index contributed by atoms with van der Waals surface area (Å²) in [6.07, 6.45) is 0. The molecule has 0 saturated heterocycles. The molecular weight excluding hydrogens is 306 g/mol. The van der Waals surface area contributed by atoms with E-state index >= 15 is 0 Å². The van der Waals surface area contributed by atoms with Crippen LogP contribution in [0.15, 0.2) is 29.6 Å². The molecule has 6 heteroatoms. The van der Waals surface area contributed by atoms with Gasteiger partial charge in [-0.25, -0.2) is 4.98 Å². The molecule has 0 radical (unpaired) electrons. The van der Waals surface area contributed by atoms with Gasteiger partial charge >= 0.3 is 0 Å². The van der Waals surface area contributed by atoms with Gasteiger partial charge in [0.2, 0.25) is 5.91 Å². The molecule has 4 nitrogen and oxygen atoms in total. The Balaban J connectivity index is 2.27. The molecule has 0 bridgehead atoms. The molecule has 3 N–H and O–H groups in total. The van der Waals surface area contributed by atoms with Crippen molar-refractivity contribution in [2.45, 2.75) is 32.2 Å². The van der Waals surface area contributed by atoms with Gasteiger partial charge in [0.1, 0.15) is 6.04 Å². The number of nitrogens with two attached hydrogens (primary N) is 1. The number of carbonyl (C=O) groups is 1. The number of amides is 1. The lowest BCUT2D eigenvalue weighted by Crippen LogP contribution is -2.28. The average molecular weight is 324 g/mol. The number of benzene rings is 1. The van der Waals surface area contributed by atoms with Crippen LogP contribution in [0.5, 0.6) is 0 Å². The van der Waals surface area contributed by atoms with Gasteiger partial charge in [-0.15, -0.1) is 11.3 Å². The fourth-order valence-electron chi connectivity index (χ4n) is 1.80. The zero-order valence-corrected chi connectivity index (χ0v) is 13.8. The summed E-state index contributed by atoms with van der Waals surface area (Å²) in [5.41, 5.74) is 6.82. The van der Waals surface area contributed by atoms with E-state index in [0.717, 1.165) is 10.7 Å². The van der Waals surface area contributed by atoms with E-state index in [1.54, 1.807) is 12.1 Å². The summed E-state index contributed by atoms with van der Waals surface area (Å²) in [7, 11) is 0. The van der Waals surface area contributed by atoms with Crippen molar-refractivity contribution in [1.82, 2.24) is 4.98 Å². The predicted octanol–water partition coefficient (Wildman–Crippen LogP) is 3.73. The number of nitrogens with zero attached hydrogens (tertiary/aromatic N) is 1. The molecule has 2 rings (SSSR count). The van der Waals surface area contributed by atoms with Gasteiger partial charge in [0.25, 0.3) is 0 Å². The molecular formula is C15H18ClN3OS. The Hall–Kier alpha value is -1.59. The van der Waals surface area contributed by atoms with Gasteiger partial charge in [-0.05, 0) is 18.2 Å². The molecule has 1 atom stereocenters. The summed E-state index contributed by atoms with van der Waals surface area (Å²) in [5, 5.41) is 6.52. The average Bonchev–Trinajstić information content (AvgIpc) is 2.84. The third-order valence-corrected chi connectivity index (χ3v) is 4.40. The second kappa shape index (κ2) is 6.03. The van der Waals surface area contributed by atoms with E-state index in [4.69, 9.17) is 17.3 Å². The number of rotatable bonds is 4. The van der Waals surface area contributed by atoms with Crippen molar-refractivity contribution in [2.75, 3.05) is 5.32 Å². The second-order valence-electron chi connectivity index (χ2n) is 5.82. The van der Waals surface area contributed by atoms with Gasteiger partial charge in [-0.2, -0.15) is 0 Å². The van der Waals surface area contributed by atoms with Gasteiger partial charge < -0.3 is 11.1 Å². The molecule has 1 aromatic carbocycles. The van der Waals surface area contributed by atoms with E-state index in [1.165, 1.54) is 11.3 Å². The highest BCUT2D eigenvalue weighted by Crippen LogP contribution is 2.29. The zero-order valence-electron chi connectivity index (χ0n) is 12.2. The largest absolute Gasteiger partial charge is 0.369 e. The van der Waals surface area contributed by atoms with Crippen LogP contribution >= 0.6 is 22.9 Å². The van der Waals surface area contributed by atoms with Crippen LogP contribution in [-0.4, -0.2) is 10.9 Å². The number of nitrogens with one attached hydrogen (secondary N) is 1. The van der Waals surface area contributed by atoms with Crippen LogP contribution in [0.4, 0.5) is 5.69 Å². The first-order valence-corrected chi connectivity index (χ1v) is 7.80. The molecule has 0 spiro atoms. The SMILES string of the molecule is CC(C)(C)c1nc(C(Nc2cccc(Cl)c2)C(N)=O)cs1. The van der Waals surface area contributed by atoms with Crippen LogP contribution < -0.4 is 11.1 Å². The lowest BCUT2D eigenvalue weighted by atomic mass is 9.98. The first-order chi connectivity index (χ1) is 9.77. The second-order valence-corrected chi connectivity index (χ2v) is 7.11. The number of carbonyl (C=O) groups excluding carboxylic acids is 1. The molecule has 0 saturated carbocycles. The van der Waals surface area contributed by atoms with Crippen molar-refractivity contribution in [1.29, 1.82) is 0 Å². The Kier molecular flexibility index (Phi) is 4.54. The Morgan fingerprint density at radius 3 is 2.67 bits per heavy atom. The van der Waals surface area contributed by atoms with Gasteiger partial charge in [0, 0.05) is 21.5 Å². The lowest BCUT2D eigenvalue weighted by molar-refractivity contribution is -0.118. The molecule has 21 heavy (non-hydrogen) atoms. The van der Waals surface area contributed by atoms with E-state index in [1.807, 2.05) is 17.5 Å². The summed E-state index contributed by atoms with van der Waals surface area (Å²) < 4.78 is 0. The standard InChI is InChI=1S/C15H18ClN3OS/c1-15(2,3)14-19-11(8-21-14)12(13(17)20)18-10-6-4-5-9(16)7-10/h4-8,12,18H,1-3H3,(H2,17,20). The Bertz CT molecular complexity index is 648. The Morgan fingerprint density at radius 1 is 1.43 bits per heavy atom. The lowest BCUT2D eigenvalue weighted by Gasteiger charge is -2.16. The van der Waals surface area contributed by atoms with Crippen molar-refractivity contribution in [2.24, 2.45) is 5.73 Å². The fourth-order valence-corrected chi connectivity index (χ4v) is 2.92. The minimum Gasteiger partial charge on any atom is -0.369 e. The minimum atomic E-state index is -0.671. The van der Waals surface area contributed by atoms with Crippen molar-refractivity contribution in [3.63, 3.8) is 0 Å². The summed E-state index contributed by atoms with van der Waals surface area (Å²) in [6, 6.07) is 6.49. The van der Waals surface area contributed by atoms with Gasteiger partial charge in [0.05, 0.1) is 10.7 Å². The zero-order chi connectivity index (χ0) is 15.6. The van der Waals surface area contributed by atoms with Crippen molar-refractivity contribution in [3.8, 4) is 0 Å². The fraction of sp³-hybridized carbons (Fsp3) is 0.333. The highest BCUT2D eigenvalue weighted by molar-refractivity contribution is 7.09. The van der Waals surface area contributed by atoms with Crippen LogP contribution in [0.25, 0.3) is 0 Å². The Morgan fingerprint density at radius 2 is 2.14 bits per heavy atom. The molecule has 0 aliphatic rings. The monoisotopic (exact) mass is 323 g/mol. The quantitative estimate of drug-likeness (QED) is 0.900. The molecule has 1 heterocycles. The minimum absolute atomic E-state index is 0.0544. The number of aromatic nitrogens is 1. The van der Waals surface area contributed by atoms with Crippen molar-refractivity contribution in [3.05, 3.63) is 45.4 Å². The normalized spacial score (nSPS) is 13.0. The van der Waals surface area contributed by atoms with E-state index in [9.17, 15) is 4.79 Å². The maximum absolute atomic E-state index is 11.7. The summed E-state index contributed by atoms with van der Waals surface area (Å²) in [4.78, 5) is 16.3. The van der Waals surface area contributed by atoms with E-state index in [2.05, 4.69) is 31.1 Å². The number of thiazole rings is 1. The van der Waals surface area contributed by atoms with Crippen LogP contribution in [-0.2, 0) is 10.2 Å². The highest BCUT2D eigenvalue weighted by Gasteiger charge is 2.24. The van der Waals surface area contributed by atoms with Crippen LogP contribution in [0.1, 0.15) is 37.5 Å². The van der Waals surface area contributed by atoms with Gasteiger partial charge in [0.15, 0.2) is 0 Å². The van der Waals surface area contributed by atoms with E-state index in [0.29, 0.717) is 10.7 Å². The summed E-state index contributed by atoms with van der Waals surface area (Å²) >= 11 is 7.48. The molecule has 0 aliphatic carbocycles. The highest BCUT2D eigenvalue weighted by atomic mass is 35.5. The van der Waals surface area contributed by atoms with Crippen molar-refractivity contribution >= 4 is 34.5 Å². The summed E-state index contributed by atoms with van der Waals surface area (Å²) in [6.45, 7) is 6.25. The predicted molar refractivity (Wildman–Crippen MR) is 87.8 cm³/mol. The third kappa shape index (κ3) is 3.95. The topological polar surface area (TPSA) is 68.0 Å². The molecule has 112 valence electrons. The number of halogens is 1. The number of primary amides is 1. The van der Waals surface area contributed by atoms with Crippen LogP contribution in [0, 0.1) is 0 Å². The number of hydrogen-bond donors (Lipinski definition) is 2. The maximum atomic E-state index is 11.7. The van der Waals surface area contributed by atoms with Crippen LogP contribution in [0.3, 0.4) is 0 Å². The molecule has 1 amide bonds. The molecule has 1 unspecified atom stereocenters. The van der Waals surface area contributed by atoms with Gasteiger partial charge in [-0.1, -0.05) is 38.4 Å². The molecule has 0 fully saturated rings. The number of hydrogen-bond acceptors (Lipinski definition) is 4. The summed E-state index contributed by atoms with van der Waals surface area (Å²) in [5.74, 6) is -0.472. The van der Waals surface area contributed by atoms with E-state index in [-0.39, 0.29) is 5.41 Å². The maximum Gasteiger partial charge on any atom is 0.246 e. The first kappa shape index (κ1) is 15.8. The van der Waals surface area contributed by atoms with Crippen LogP contribution in [0.2, 0.25) is 5.02 Å².